The summed E-state index contributed by atoms with van der Waals surface area (Å²) < 4.78 is 39.9. The highest BCUT2D eigenvalue weighted by atomic mass is 19.3. The summed E-state index contributed by atoms with van der Waals surface area (Å²) in [5.41, 5.74) is 7.95. The zero-order chi connectivity index (χ0) is 23.5. The van der Waals surface area contributed by atoms with Crippen molar-refractivity contribution < 1.29 is 57.2 Å². The lowest BCUT2D eigenvalue weighted by Gasteiger charge is -2.30. The monoisotopic (exact) mass is 440 g/mol. The van der Waals surface area contributed by atoms with Gasteiger partial charge in [-0.3, -0.25) is 19.2 Å². The fraction of sp³-hybridized carbons (Fsp3) is 0.643. The Hall–Kier alpha value is -3.36. The van der Waals surface area contributed by atoms with Gasteiger partial charge in [0, 0.05) is 18.8 Å². The maximum absolute atomic E-state index is 13.0. The van der Waals surface area contributed by atoms with Crippen molar-refractivity contribution in [2.75, 3.05) is 13.2 Å². The van der Waals surface area contributed by atoms with Crippen LogP contribution in [0.15, 0.2) is 5.11 Å². The molecule has 1 amide bonds. The summed E-state index contributed by atoms with van der Waals surface area (Å²) in [6, 6.07) is -4.52. The molecule has 168 valence electrons. The van der Waals surface area contributed by atoms with Crippen molar-refractivity contribution in [1.82, 2.24) is 5.32 Å². The Morgan fingerprint density at radius 1 is 1.17 bits per heavy atom. The first-order chi connectivity index (χ1) is 13.8. The molecule has 0 fully saturated rings. The molecular weight excluding hydrogens is 422 g/mol. The zero-order valence-electron chi connectivity index (χ0n) is 15.6. The third kappa shape index (κ3) is 9.22. The van der Waals surface area contributed by atoms with Crippen molar-refractivity contribution in [2.24, 2.45) is 5.11 Å². The number of hydrogen-bond acceptors (Lipinski definition) is 11. The molecule has 0 heterocycles. The van der Waals surface area contributed by atoms with Crippen LogP contribution in [0.3, 0.4) is 0 Å². The molecule has 0 aliphatic heterocycles. The van der Waals surface area contributed by atoms with E-state index < -0.39 is 67.4 Å². The van der Waals surface area contributed by atoms with Crippen molar-refractivity contribution >= 4 is 30.1 Å². The number of carbonyl (C=O) groups excluding carboxylic acids is 5. The Morgan fingerprint density at radius 2 is 1.77 bits per heavy atom. The second-order valence-electron chi connectivity index (χ2n) is 5.44. The van der Waals surface area contributed by atoms with Gasteiger partial charge < -0.3 is 34.5 Å². The number of aliphatic hydroxyl groups is 2. The lowest BCUT2D eigenvalue weighted by Crippen LogP contribution is -2.52. The van der Waals surface area contributed by atoms with Crippen LogP contribution in [0.25, 0.3) is 10.4 Å². The second-order valence-corrected chi connectivity index (χ2v) is 5.44. The molecule has 0 unspecified atom stereocenters. The number of alkyl halides is 2. The van der Waals surface area contributed by atoms with Crippen molar-refractivity contribution in [1.29, 1.82) is 0 Å². The predicted octanol–water partition coefficient (Wildman–Crippen LogP) is -1.67. The van der Waals surface area contributed by atoms with Crippen LogP contribution in [0.2, 0.25) is 0 Å². The van der Waals surface area contributed by atoms with Gasteiger partial charge in [0.05, 0.1) is 0 Å². The first kappa shape index (κ1) is 26.6. The number of rotatable bonds is 12. The van der Waals surface area contributed by atoms with Crippen LogP contribution < -0.4 is 5.32 Å². The number of amides is 1. The minimum Gasteiger partial charge on any atom is -0.463 e. The van der Waals surface area contributed by atoms with E-state index in [0.29, 0.717) is 0 Å². The molecule has 0 radical (unpaired) electrons. The summed E-state index contributed by atoms with van der Waals surface area (Å²) in [4.78, 5) is 57.8. The molecule has 0 aromatic heterocycles. The van der Waals surface area contributed by atoms with Crippen molar-refractivity contribution in [3.63, 3.8) is 0 Å². The molecule has 30 heavy (non-hydrogen) atoms. The number of aliphatic hydroxyl groups excluding tert-OH is 2. The van der Waals surface area contributed by atoms with Crippen LogP contribution in [0, 0.1) is 0 Å². The average molecular weight is 440 g/mol. The Kier molecular flexibility index (Phi) is 10.9. The Morgan fingerprint density at radius 3 is 2.23 bits per heavy atom. The summed E-state index contributed by atoms with van der Waals surface area (Å²) in [6.07, 6.45) is -8.20. The third-order valence-corrected chi connectivity index (χ3v) is 3.04. The SMILES string of the molecule is CC(=O)OC[C@@H](O)[C@@H](OC(C)=O)[C@H](OC(=O)CNC(=O)C(F)(F)N=[N+]=[N-])[C@@H](O)C=O. The fourth-order valence-electron chi connectivity index (χ4n) is 1.82. The summed E-state index contributed by atoms with van der Waals surface area (Å²) in [7, 11) is 0. The van der Waals surface area contributed by atoms with Crippen LogP contribution >= 0.6 is 0 Å². The number of hydrogen-bond donors (Lipinski definition) is 3. The summed E-state index contributed by atoms with van der Waals surface area (Å²) in [5, 5.41) is 23.1. The van der Waals surface area contributed by atoms with Gasteiger partial charge >= 0.3 is 24.0 Å². The molecule has 3 N–H and O–H groups in total. The van der Waals surface area contributed by atoms with E-state index in [0.717, 1.165) is 13.8 Å². The molecule has 16 heteroatoms. The van der Waals surface area contributed by atoms with Gasteiger partial charge in [0.25, 0.3) is 5.91 Å². The topological polar surface area (TPSA) is 214 Å². The largest absolute Gasteiger partial charge is 0.463 e. The minimum atomic E-state index is -4.52. The van der Waals surface area contributed by atoms with Crippen molar-refractivity contribution in [3.8, 4) is 0 Å². The molecule has 0 rings (SSSR count). The summed E-state index contributed by atoms with van der Waals surface area (Å²) in [6.45, 7) is -0.178. The number of halogens is 2. The highest BCUT2D eigenvalue weighted by molar-refractivity contribution is 5.86. The molecule has 0 aliphatic rings. The van der Waals surface area contributed by atoms with E-state index in [-0.39, 0.29) is 6.29 Å². The first-order valence-electron chi connectivity index (χ1n) is 7.89. The third-order valence-electron chi connectivity index (χ3n) is 3.04. The van der Waals surface area contributed by atoms with Crippen LogP contribution in [0.4, 0.5) is 8.78 Å². The van der Waals surface area contributed by atoms with E-state index in [1.54, 1.807) is 4.91 Å². The van der Waals surface area contributed by atoms with Gasteiger partial charge in [-0.1, -0.05) is 0 Å². The predicted molar refractivity (Wildman–Crippen MR) is 87.2 cm³/mol. The quantitative estimate of drug-likeness (QED) is 0.0596. The Bertz CT molecular complexity index is 713. The molecular formula is C14H18F2N4O10. The Labute approximate surface area is 166 Å². The van der Waals surface area contributed by atoms with E-state index in [1.165, 1.54) is 5.32 Å². The van der Waals surface area contributed by atoms with Gasteiger partial charge in [0.15, 0.2) is 18.5 Å². The highest BCUT2D eigenvalue weighted by Gasteiger charge is 2.41. The van der Waals surface area contributed by atoms with Crippen LogP contribution in [0.1, 0.15) is 13.8 Å². The number of nitrogens with one attached hydrogen (secondary N) is 1. The fourth-order valence-corrected chi connectivity index (χ4v) is 1.82. The molecule has 0 saturated carbocycles. The van der Waals surface area contributed by atoms with Gasteiger partial charge in [-0.25, -0.2) is 0 Å². The number of azide groups is 1. The molecule has 0 bridgehead atoms. The summed E-state index contributed by atoms with van der Waals surface area (Å²) in [5.74, 6) is -5.56. The van der Waals surface area contributed by atoms with Crippen LogP contribution in [-0.4, -0.2) is 83.9 Å². The normalized spacial score (nSPS) is 14.7. The molecule has 0 aromatic carbocycles. The average Bonchev–Trinajstić information content (AvgIpc) is 2.65. The number of nitrogens with zero attached hydrogens (tertiary/aromatic N) is 3. The number of esters is 3. The lowest BCUT2D eigenvalue weighted by atomic mass is 10.0. The minimum absolute atomic E-state index is 0.151. The smallest absolute Gasteiger partial charge is 0.401 e. The standard InChI is InChI=1S/C14H18F2N4O10/c1-6(22)28-5-9(25)12(29-7(2)23)11(8(24)4-21)30-10(26)3-18-13(27)14(15,16)19-20-17/h4,8-9,11-12,24-25H,3,5H2,1-2H3,(H,18,27)/t8-,9+,11+,12+/m0/s1. The van der Waals surface area contributed by atoms with Gasteiger partial charge in [-0.15, -0.1) is 0 Å². The maximum Gasteiger partial charge on any atom is 0.401 e. The molecule has 0 saturated heterocycles. The van der Waals surface area contributed by atoms with E-state index in [2.05, 4.69) is 9.47 Å². The Balaban J connectivity index is 5.37. The van der Waals surface area contributed by atoms with Crippen LogP contribution in [0.5, 0.6) is 0 Å². The van der Waals surface area contributed by atoms with Gasteiger partial charge in [0.2, 0.25) is 0 Å². The highest BCUT2D eigenvalue weighted by Crippen LogP contribution is 2.16. The second kappa shape index (κ2) is 12.3. The molecule has 0 aromatic rings. The molecule has 14 nitrogen and oxygen atoms in total. The van der Waals surface area contributed by atoms with E-state index in [4.69, 9.17) is 10.3 Å². The van der Waals surface area contributed by atoms with Gasteiger partial charge in [0.1, 0.15) is 25.4 Å². The van der Waals surface area contributed by atoms with E-state index in [9.17, 15) is 43.0 Å². The number of carbonyl (C=O) groups is 5. The lowest BCUT2D eigenvalue weighted by molar-refractivity contribution is -0.190. The maximum atomic E-state index is 13.0. The van der Waals surface area contributed by atoms with Crippen LogP contribution in [-0.2, 0) is 38.2 Å². The van der Waals surface area contributed by atoms with E-state index >= 15 is 0 Å². The van der Waals surface area contributed by atoms with Crippen molar-refractivity contribution in [2.45, 2.75) is 44.3 Å². The van der Waals surface area contributed by atoms with Crippen molar-refractivity contribution in [3.05, 3.63) is 10.4 Å². The first-order valence-corrected chi connectivity index (χ1v) is 7.89. The molecule has 0 aliphatic carbocycles. The number of ether oxygens (including phenoxy) is 3. The number of aldehydes is 1. The molecule has 4 atom stereocenters. The summed E-state index contributed by atoms with van der Waals surface area (Å²) >= 11 is 0. The molecule has 0 spiro atoms. The van der Waals surface area contributed by atoms with Gasteiger partial charge in [-0.05, 0) is 10.6 Å². The van der Waals surface area contributed by atoms with Gasteiger partial charge in [-0.2, -0.15) is 8.78 Å². The zero-order valence-corrected chi connectivity index (χ0v) is 15.6. The van der Waals surface area contributed by atoms with E-state index in [1.807, 2.05) is 5.11 Å².